The first-order valence-electron chi connectivity index (χ1n) is 9.67. The van der Waals surface area contributed by atoms with Gasteiger partial charge in [-0.3, -0.25) is 0 Å². The molecule has 0 bridgehead atoms. The zero-order valence-corrected chi connectivity index (χ0v) is 15.6. The minimum atomic E-state index is -0.283. The van der Waals surface area contributed by atoms with Crippen LogP contribution < -0.4 is 0 Å². The molecule has 0 aliphatic rings. The van der Waals surface area contributed by atoms with Gasteiger partial charge in [-0.15, -0.1) is 0 Å². The molecule has 0 unspecified atom stereocenters. The van der Waals surface area contributed by atoms with Crippen LogP contribution in [0.2, 0.25) is 0 Å². The van der Waals surface area contributed by atoms with E-state index in [1.54, 1.807) is 6.08 Å². The summed E-state index contributed by atoms with van der Waals surface area (Å²) in [6.07, 6.45) is 22.2. The number of rotatable bonds is 16. The minimum Gasteiger partial charge on any atom is -0.465 e. The van der Waals surface area contributed by atoms with Crippen LogP contribution in [0.5, 0.6) is 0 Å². The third kappa shape index (κ3) is 14.3. The molecule has 0 rings (SSSR count). The number of methoxy groups -OCH3 is 1. The fraction of sp³-hybridized carbons (Fsp3) is 0.762. The van der Waals surface area contributed by atoms with Crippen molar-refractivity contribution in [3.05, 3.63) is 24.3 Å². The lowest BCUT2D eigenvalue weighted by molar-refractivity contribution is -0.135. The molecule has 0 saturated heterocycles. The normalized spacial score (nSPS) is 11.5. The van der Waals surface area contributed by atoms with Crippen LogP contribution in [0.15, 0.2) is 24.3 Å². The van der Waals surface area contributed by atoms with Crippen molar-refractivity contribution in [2.45, 2.75) is 96.8 Å². The Kier molecular flexibility index (Phi) is 16.5. The minimum absolute atomic E-state index is 0.283. The standard InChI is InChI=1S/C21H38O2/c1-4-6-7-8-9-10-11-12-13-14-15-16-17-18-19-20(5-2)21(22)23-3/h5,19H,2,4,6-18H2,1,3H3. The molecule has 0 aromatic heterocycles. The predicted octanol–water partition coefficient (Wildman–Crippen LogP) is 6.75. The van der Waals surface area contributed by atoms with E-state index in [-0.39, 0.29) is 5.97 Å². The molecule has 0 aliphatic carbocycles. The molecule has 0 fully saturated rings. The van der Waals surface area contributed by atoms with E-state index in [2.05, 4.69) is 13.5 Å². The molecule has 0 heterocycles. The van der Waals surface area contributed by atoms with Crippen molar-refractivity contribution < 1.29 is 9.53 Å². The van der Waals surface area contributed by atoms with Gasteiger partial charge in [-0.25, -0.2) is 4.79 Å². The summed E-state index contributed by atoms with van der Waals surface area (Å²) in [5.41, 5.74) is 0.589. The van der Waals surface area contributed by atoms with Crippen LogP contribution in [0, 0.1) is 0 Å². The number of esters is 1. The van der Waals surface area contributed by atoms with Crippen LogP contribution in [-0.2, 0) is 9.53 Å². The fourth-order valence-electron chi connectivity index (χ4n) is 2.79. The summed E-state index contributed by atoms with van der Waals surface area (Å²) in [4.78, 5) is 11.3. The smallest absolute Gasteiger partial charge is 0.337 e. The summed E-state index contributed by atoms with van der Waals surface area (Å²) in [6.45, 7) is 5.92. The van der Waals surface area contributed by atoms with E-state index in [0.29, 0.717) is 5.57 Å². The third-order valence-electron chi connectivity index (χ3n) is 4.31. The quantitative estimate of drug-likeness (QED) is 0.136. The number of ether oxygens (including phenoxy) is 1. The number of unbranched alkanes of at least 4 members (excludes halogenated alkanes) is 13. The van der Waals surface area contributed by atoms with Gasteiger partial charge >= 0.3 is 5.97 Å². The molecule has 2 heteroatoms. The van der Waals surface area contributed by atoms with Gasteiger partial charge < -0.3 is 4.74 Å². The lowest BCUT2D eigenvalue weighted by Gasteiger charge is -2.03. The van der Waals surface area contributed by atoms with Crippen LogP contribution >= 0.6 is 0 Å². The maximum Gasteiger partial charge on any atom is 0.337 e. The van der Waals surface area contributed by atoms with E-state index in [4.69, 9.17) is 4.74 Å². The van der Waals surface area contributed by atoms with Crippen molar-refractivity contribution in [3.63, 3.8) is 0 Å². The summed E-state index contributed by atoms with van der Waals surface area (Å²) in [7, 11) is 1.41. The van der Waals surface area contributed by atoms with Gasteiger partial charge in [0.25, 0.3) is 0 Å². The van der Waals surface area contributed by atoms with Crippen molar-refractivity contribution in [1.82, 2.24) is 0 Å². The van der Waals surface area contributed by atoms with Crippen LogP contribution in [0.25, 0.3) is 0 Å². The van der Waals surface area contributed by atoms with E-state index in [9.17, 15) is 4.79 Å². The van der Waals surface area contributed by atoms with Gasteiger partial charge in [0.1, 0.15) is 0 Å². The summed E-state index contributed by atoms with van der Waals surface area (Å²) >= 11 is 0. The Morgan fingerprint density at radius 2 is 1.26 bits per heavy atom. The van der Waals surface area contributed by atoms with E-state index in [1.807, 2.05) is 6.08 Å². The molecule has 0 aliphatic heterocycles. The second-order valence-corrected chi connectivity index (χ2v) is 6.39. The Bertz CT molecular complexity index is 318. The number of carbonyl (C=O) groups excluding carboxylic acids is 1. The Hall–Kier alpha value is -1.05. The number of hydrogen-bond acceptors (Lipinski definition) is 2. The fourth-order valence-corrected chi connectivity index (χ4v) is 2.79. The third-order valence-corrected chi connectivity index (χ3v) is 4.31. The van der Waals surface area contributed by atoms with Gasteiger partial charge in [0.05, 0.1) is 12.7 Å². The predicted molar refractivity (Wildman–Crippen MR) is 101 cm³/mol. The Balaban J connectivity index is 3.32. The van der Waals surface area contributed by atoms with Crippen molar-refractivity contribution >= 4 is 5.97 Å². The monoisotopic (exact) mass is 322 g/mol. The Morgan fingerprint density at radius 3 is 1.65 bits per heavy atom. The largest absolute Gasteiger partial charge is 0.465 e. The molecule has 0 N–H and O–H groups in total. The Morgan fingerprint density at radius 1 is 0.826 bits per heavy atom. The first-order valence-corrected chi connectivity index (χ1v) is 9.67. The van der Waals surface area contributed by atoms with Gasteiger partial charge in [-0.1, -0.05) is 103 Å². The molecular weight excluding hydrogens is 284 g/mol. The van der Waals surface area contributed by atoms with E-state index >= 15 is 0 Å². The Labute approximate surface area is 144 Å². The molecule has 0 atom stereocenters. The SMILES string of the molecule is C=CC(=CCCCCCCCCCCCCCCC)C(=O)OC. The number of hydrogen-bond donors (Lipinski definition) is 0. The van der Waals surface area contributed by atoms with Crippen LogP contribution in [-0.4, -0.2) is 13.1 Å². The molecule has 0 aromatic carbocycles. The van der Waals surface area contributed by atoms with Crippen molar-refractivity contribution in [2.75, 3.05) is 7.11 Å². The van der Waals surface area contributed by atoms with Gasteiger partial charge in [0.15, 0.2) is 0 Å². The molecule has 23 heavy (non-hydrogen) atoms. The van der Waals surface area contributed by atoms with E-state index in [0.717, 1.165) is 12.8 Å². The maximum atomic E-state index is 11.3. The molecule has 0 aromatic rings. The van der Waals surface area contributed by atoms with E-state index in [1.165, 1.54) is 84.2 Å². The number of carbonyl (C=O) groups is 1. The average Bonchev–Trinajstić information content (AvgIpc) is 2.58. The summed E-state index contributed by atoms with van der Waals surface area (Å²) in [5, 5.41) is 0. The van der Waals surface area contributed by atoms with Crippen molar-refractivity contribution in [1.29, 1.82) is 0 Å². The zero-order chi connectivity index (χ0) is 17.2. The molecule has 2 nitrogen and oxygen atoms in total. The van der Waals surface area contributed by atoms with Gasteiger partial charge in [0.2, 0.25) is 0 Å². The molecule has 0 saturated carbocycles. The van der Waals surface area contributed by atoms with Gasteiger partial charge in [-0.05, 0) is 12.8 Å². The average molecular weight is 323 g/mol. The van der Waals surface area contributed by atoms with Crippen LogP contribution in [0.4, 0.5) is 0 Å². The number of allylic oxidation sites excluding steroid dienone is 1. The van der Waals surface area contributed by atoms with Crippen molar-refractivity contribution in [3.8, 4) is 0 Å². The summed E-state index contributed by atoms with van der Waals surface area (Å²) in [6, 6.07) is 0. The molecule has 134 valence electrons. The summed E-state index contributed by atoms with van der Waals surface area (Å²) in [5.74, 6) is -0.283. The molecule has 0 amide bonds. The first kappa shape index (κ1) is 21.9. The molecule has 0 spiro atoms. The highest BCUT2D eigenvalue weighted by Crippen LogP contribution is 2.13. The van der Waals surface area contributed by atoms with Gasteiger partial charge in [0, 0.05) is 0 Å². The summed E-state index contributed by atoms with van der Waals surface area (Å²) < 4.78 is 4.69. The zero-order valence-electron chi connectivity index (χ0n) is 15.6. The van der Waals surface area contributed by atoms with Crippen LogP contribution in [0.3, 0.4) is 0 Å². The van der Waals surface area contributed by atoms with E-state index < -0.39 is 0 Å². The molecule has 0 radical (unpaired) electrons. The highest BCUT2D eigenvalue weighted by molar-refractivity contribution is 5.91. The second kappa shape index (κ2) is 17.3. The van der Waals surface area contributed by atoms with Gasteiger partial charge in [-0.2, -0.15) is 0 Å². The molecular formula is C21H38O2. The lowest BCUT2D eigenvalue weighted by atomic mass is 10.0. The highest BCUT2D eigenvalue weighted by Gasteiger charge is 2.03. The topological polar surface area (TPSA) is 26.3 Å². The van der Waals surface area contributed by atoms with Crippen molar-refractivity contribution in [2.24, 2.45) is 0 Å². The maximum absolute atomic E-state index is 11.3. The highest BCUT2D eigenvalue weighted by atomic mass is 16.5. The second-order valence-electron chi connectivity index (χ2n) is 6.39. The first-order chi connectivity index (χ1) is 11.3. The lowest BCUT2D eigenvalue weighted by Crippen LogP contribution is -2.02. The van der Waals surface area contributed by atoms with Crippen LogP contribution in [0.1, 0.15) is 96.8 Å².